The van der Waals surface area contributed by atoms with E-state index in [-0.39, 0.29) is 5.91 Å². The van der Waals surface area contributed by atoms with Gasteiger partial charge in [-0.1, -0.05) is 6.08 Å². The molecule has 3 heterocycles. The molecule has 0 bridgehead atoms. The molecule has 124 valence electrons. The number of aryl methyl sites for hydroxylation is 2. The summed E-state index contributed by atoms with van der Waals surface area (Å²) in [5.41, 5.74) is 4.76. The molecule has 24 heavy (non-hydrogen) atoms. The van der Waals surface area contributed by atoms with E-state index in [2.05, 4.69) is 41.4 Å². The Hall–Kier alpha value is -2.60. The molecule has 0 radical (unpaired) electrons. The maximum absolute atomic E-state index is 12.2. The van der Waals surface area contributed by atoms with Crippen molar-refractivity contribution in [2.75, 3.05) is 5.32 Å². The molecular formula is C18H19N3O2S. The lowest BCUT2D eigenvalue weighted by Gasteiger charge is -2.05. The highest BCUT2D eigenvalue weighted by molar-refractivity contribution is 7.14. The van der Waals surface area contributed by atoms with Gasteiger partial charge in [0.05, 0.1) is 17.5 Å². The first-order chi connectivity index (χ1) is 11.5. The molecule has 1 N–H and O–H groups in total. The number of rotatable bonds is 5. The molecule has 0 aromatic carbocycles. The van der Waals surface area contributed by atoms with Crippen molar-refractivity contribution in [3.63, 3.8) is 0 Å². The third kappa shape index (κ3) is 2.92. The highest BCUT2D eigenvalue weighted by atomic mass is 32.1. The Kier molecular flexibility index (Phi) is 4.40. The number of carbonyl (C=O) groups is 1. The minimum Gasteiger partial charge on any atom is -0.469 e. The van der Waals surface area contributed by atoms with Gasteiger partial charge < -0.3 is 8.98 Å². The van der Waals surface area contributed by atoms with Gasteiger partial charge in [0.1, 0.15) is 5.76 Å². The van der Waals surface area contributed by atoms with Gasteiger partial charge in [-0.15, -0.1) is 17.9 Å². The summed E-state index contributed by atoms with van der Waals surface area (Å²) in [6, 6.07) is 3.77. The van der Waals surface area contributed by atoms with Gasteiger partial charge in [0.25, 0.3) is 5.91 Å². The summed E-state index contributed by atoms with van der Waals surface area (Å²) in [4.78, 5) is 16.8. The van der Waals surface area contributed by atoms with E-state index in [1.807, 2.05) is 11.5 Å². The van der Waals surface area contributed by atoms with Gasteiger partial charge in [-0.05, 0) is 32.9 Å². The molecule has 6 heteroatoms. The zero-order valence-electron chi connectivity index (χ0n) is 13.9. The van der Waals surface area contributed by atoms with Gasteiger partial charge in [0, 0.05) is 28.9 Å². The Labute approximate surface area is 144 Å². The second kappa shape index (κ2) is 6.49. The lowest BCUT2D eigenvalue weighted by Crippen LogP contribution is -2.11. The number of nitrogens with zero attached hydrogens (tertiary/aromatic N) is 2. The fraction of sp³-hybridized carbons (Fsp3) is 0.222. The van der Waals surface area contributed by atoms with Crippen LogP contribution in [0.15, 0.2) is 40.8 Å². The summed E-state index contributed by atoms with van der Waals surface area (Å²) in [6.07, 6.45) is 3.38. The number of furan rings is 1. The topological polar surface area (TPSA) is 60.1 Å². The van der Waals surface area contributed by atoms with Crippen LogP contribution in [0.3, 0.4) is 0 Å². The van der Waals surface area contributed by atoms with Crippen molar-refractivity contribution in [3.8, 4) is 11.3 Å². The minimum atomic E-state index is -0.209. The van der Waals surface area contributed by atoms with E-state index in [1.165, 1.54) is 17.6 Å². The van der Waals surface area contributed by atoms with Crippen molar-refractivity contribution in [2.45, 2.75) is 27.3 Å². The summed E-state index contributed by atoms with van der Waals surface area (Å²) < 4.78 is 7.35. The second-order valence-corrected chi connectivity index (χ2v) is 6.42. The quantitative estimate of drug-likeness (QED) is 0.692. The molecule has 3 aromatic heterocycles. The van der Waals surface area contributed by atoms with Gasteiger partial charge in [-0.25, -0.2) is 4.98 Å². The molecule has 3 aromatic rings. The van der Waals surface area contributed by atoms with Gasteiger partial charge in [0.2, 0.25) is 0 Å². The highest BCUT2D eigenvalue weighted by Crippen LogP contribution is 2.30. The maximum atomic E-state index is 12.2. The van der Waals surface area contributed by atoms with E-state index in [4.69, 9.17) is 4.42 Å². The number of carbonyl (C=O) groups excluding carboxylic acids is 1. The van der Waals surface area contributed by atoms with Crippen LogP contribution in [0.1, 0.15) is 27.5 Å². The van der Waals surface area contributed by atoms with E-state index >= 15 is 0 Å². The lowest BCUT2D eigenvalue weighted by atomic mass is 10.2. The van der Waals surface area contributed by atoms with Crippen LogP contribution in [0.4, 0.5) is 5.13 Å². The smallest absolute Gasteiger partial charge is 0.260 e. The Morgan fingerprint density at radius 3 is 2.92 bits per heavy atom. The first kappa shape index (κ1) is 16.3. The Balaban J connectivity index is 1.84. The summed E-state index contributed by atoms with van der Waals surface area (Å²) in [5, 5.41) is 5.36. The van der Waals surface area contributed by atoms with Crippen LogP contribution < -0.4 is 5.32 Å². The fourth-order valence-electron chi connectivity index (χ4n) is 2.71. The second-order valence-electron chi connectivity index (χ2n) is 5.57. The van der Waals surface area contributed by atoms with Crippen molar-refractivity contribution in [1.29, 1.82) is 0 Å². The SMILES string of the molecule is C=CCn1c(C)cc(-c2csc(NC(=O)c3ccoc3C)n2)c1C. The van der Waals surface area contributed by atoms with Crippen LogP contribution in [0.5, 0.6) is 0 Å². The third-order valence-corrected chi connectivity index (χ3v) is 4.75. The summed E-state index contributed by atoms with van der Waals surface area (Å²) in [6.45, 7) is 10.5. The monoisotopic (exact) mass is 341 g/mol. The number of hydrogen-bond acceptors (Lipinski definition) is 4. The lowest BCUT2D eigenvalue weighted by molar-refractivity contribution is 0.102. The Morgan fingerprint density at radius 2 is 2.25 bits per heavy atom. The van der Waals surface area contributed by atoms with Crippen LogP contribution in [-0.4, -0.2) is 15.5 Å². The molecule has 0 saturated heterocycles. The normalized spacial score (nSPS) is 10.8. The Morgan fingerprint density at radius 1 is 1.46 bits per heavy atom. The summed E-state index contributed by atoms with van der Waals surface area (Å²) in [7, 11) is 0. The number of thiazole rings is 1. The average Bonchev–Trinajstić information content (AvgIpc) is 3.23. The molecule has 5 nitrogen and oxygen atoms in total. The van der Waals surface area contributed by atoms with E-state index in [1.54, 1.807) is 13.0 Å². The summed E-state index contributed by atoms with van der Waals surface area (Å²) >= 11 is 1.41. The molecule has 0 fully saturated rings. The number of amides is 1. The highest BCUT2D eigenvalue weighted by Gasteiger charge is 2.16. The van der Waals surface area contributed by atoms with Gasteiger partial charge in [0.15, 0.2) is 5.13 Å². The zero-order chi connectivity index (χ0) is 17.3. The fourth-order valence-corrected chi connectivity index (χ4v) is 3.42. The number of allylic oxidation sites excluding steroid dienone is 1. The number of nitrogens with one attached hydrogen (secondary N) is 1. The van der Waals surface area contributed by atoms with Crippen LogP contribution in [0, 0.1) is 20.8 Å². The summed E-state index contributed by atoms with van der Waals surface area (Å²) in [5.74, 6) is 0.386. The first-order valence-corrected chi connectivity index (χ1v) is 8.48. The number of hydrogen-bond donors (Lipinski definition) is 1. The molecule has 3 rings (SSSR count). The minimum absolute atomic E-state index is 0.209. The van der Waals surface area contributed by atoms with Crippen LogP contribution >= 0.6 is 11.3 Å². The van der Waals surface area contributed by atoms with Gasteiger partial charge in [-0.2, -0.15) is 0 Å². The maximum Gasteiger partial charge on any atom is 0.260 e. The van der Waals surface area contributed by atoms with Crippen LogP contribution in [-0.2, 0) is 6.54 Å². The molecule has 0 atom stereocenters. The van der Waals surface area contributed by atoms with Gasteiger partial charge in [-0.3, -0.25) is 10.1 Å². The van der Waals surface area contributed by atoms with Crippen LogP contribution in [0.25, 0.3) is 11.3 Å². The Bertz CT molecular complexity index is 901. The zero-order valence-corrected chi connectivity index (χ0v) is 14.7. The molecule has 0 aliphatic rings. The van der Waals surface area contributed by atoms with E-state index in [0.29, 0.717) is 16.5 Å². The van der Waals surface area contributed by atoms with Crippen molar-refractivity contribution < 1.29 is 9.21 Å². The van der Waals surface area contributed by atoms with E-state index in [9.17, 15) is 4.79 Å². The number of anilines is 1. The van der Waals surface area contributed by atoms with Crippen molar-refractivity contribution in [3.05, 3.63) is 59.1 Å². The van der Waals surface area contributed by atoms with E-state index < -0.39 is 0 Å². The third-order valence-electron chi connectivity index (χ3n) is 3.99. The van der Waals surface area contributed by atoms with Crippen molar-refractivity contribution in [2.24, 2.45) is 0 Å². The largest absolute Gasteiger partial charge is 0.469 e. The number of aromatic nitrogens is 2. The van der Waals surface area contributed by atoms with Crippen molar-refractivity contribution in [1.82, 2.24) is 9.55 Å². The molecule has 1 amide bonds. The van der Waals surface area contributed by atoms with Crippen molar-refractivity contribution >= 4 is 22.4 Å². The molecule has 0 spiro atoms. The van der Waals surface area contributed by atoms with E-state index in [0.717, 1.165) is 29.2 Å². The standard InChI is InChI=1S/C18H19N3O2S/c1-5-7-21-11(2)9-15(12(21)3)16-10-24-18(19-16)20-17(22)14-6-8-23-13(14)4/h5-6,8-10H,1,7H2,2-4H3,(H,19,20,22). The first-order valence-electron chi connectivity index (χ1n) is 7.60. The van der Waals surface area contributed by atoms with Gasteiger partial charge >= 0.3 is 0 Å². The van der Waals surface area contributed by atoms with Crippen LogP contribution in [0.2, 0.25) is 0 Å². The predicted molar refractivity (Wildman–Crippen MR) is 96.6 cm³/mol. The predicted octanol–water partition coefficient (Wildman–Crippen LogP) is 4.57. The molecule has 0 saturated carbocycles. The molecule has 0 aliphatic heterocycles. The molecule has 0 aliphatic carbocycles. The average molecular weight is 341 g/mol. The molecular weight excluding hydrogens is 322 g/mol. The molecule has 0 unspecified atom stereocenters.